The van der Waals surface area contributed by atoms with Gasteiger partial charge in [0.15, 0.2) is 0 Å². The Morgan fingerprint density at radius 3 is 1.44 bits per heavy atom. The van der Waals surface area contributed by atoms with Crippen molar-refractivity contribution in [3.63, 3.8) is 0 Å². The van der Waals surface area contributed by atoms with Gasteiger partial charge in [0.25, 0.3) is 0 Å². The van der Waals surface area contributed by atoms with Gasteiger partial charge < -0.3 is 0 Å². The van der Waals surface area contributed by atoms with Crippen molar-refractivity contribution >= 4 is 32.3 Å². The van der Waals surface area contributed by atoms with Gasteiger partial charge in [-0.1, -0.05) is 60.7 Å². The number of hydrogen-bond acceptors (Lipinski definition) is 0. The largest absolute Gasteiger partial charge is 0.0616 e. The van der Waals surface area contributed by atoms with Gasteiger partial charge in [-0.15, -0.1) is 0 Å². The van der Waals surface area contributed by atoms with Crippen molar-refractivity contribution < 1.29 is 0 Å². The van der Waals surface area contributed by atoms with Crippen LogP contribution in [-0.2, 0) is 0 Å². The molecule has 0 aliphatic heterocycles. The summed E-state index contributed by atoms with van der Waals surface area (Å²) >= 11 is 0. The lowest BCUT2D eigenvalue weighted by molar-refractivity contribution is 1.76. The Kier molecular flexibility index (Phi) is 1.92. The van der Waals surface area contributed by atoms with Crippen LogP contribution in [0.15, 0.2) is 60.7 Å². The van der Waals surface area contributed by atoms with Gasteiger partial charge in [-0.05, 0) is 44.5 Å². The molecule has 0 aliphatic rings. The van der Waals surface area contributed by atoms with Crippen LogP contribution in [-0.4, -0.2) is 0 Å². The minimum atomic E-state index is 1.16. The molecular weight excluding hydrogens is 216 g/mol. The van der Waals surface area contributed by atoms with Gasteiger partial charge in [0.05, 0.1) is 0 Å². The van der Waals surface area contributed by atoms with E-state index in [9.17, 15) is 0 Å². The number of fused-ring (bicyclic) bond motifs is 6. The van der Waals surface area contributed by atoms with E-state index in [2.05, 4.69) is 48.5 Å². The zero-order chi connectivity index (χ0) is 11.9. The summed E-state index contributed by atoms with van der Waals surface area (Å²) in [6, 6.07) is 27.6. The molecule has 0 heteroatoms. The molecule has 4 rings (SSSR count). The van der Waals surface area contributed by atoms with Crippen LogP contribution in [0.25, 0.3) is 32.3 Å². The van der Waals surface area contributed by atoms with Gasteiger partial charge in [-0.25, -0.2) is 0 Å². The summed E-state index contributed by atoms with van der Waals surface area (Å²) in [6.45, 7) is 0. The normalized spacial score (nSPS) is 11.3. The molecule has 0 bridgehead atoms. The van der Waals surface area contributed by atoms with Crippen LogP contribution < -0.4 is 0 Å². The SMILES string of the molecule is [c]1cccc2c1c1[c]cccc1c1ccccc21. The third-order valence-electron chi connectivity index (χ3n) is 3.47. The van der Waals surface area contributed by atoms with Crippen molar-refractivity contribution in [2.24, 2.45) is 0 Å². The molecule has 4 aromatic rings. The molecule has 0 N–H and O–H groups in total. The highest BCUT2D eigenvalue weighted by molar-refractivity contribution is 6.24. The van der Waals surface area contributed by atoms with E-state index in [0.29, 0.717) is 0 Å². The van der Waals surface area contributed by atoms with Gasteiger partial charge >= 0.3 is 0 Å². The standard InChI is InChI=1S/C18H10/c1-2-8-14-13(7-1)15-9-3-4-11-17(15)18-12-6-5-10-16(14)18/h1-10H. The molecule has 4 aromatic carbocycles. The smallest absolute Gasteiger partial charge is 0.00139 e. The van der Waals surface area contributed by atoms with E-state index >= 15 is 0 Å². The molecule has 0 atom stereocenters. The highest BCUT2D eigenvalue weighted by Gasteiger charge is 2.06. The molecule has 0 aliphatic carbocycles. The van der Waals surface area contributed by atoms with E-state index in [-0.39, 0.29) is 0 Å². The maximum atomic E-state index is 3.35. The molecular formula is C18H10. The molecule has 0 aromatic heterocycles. The second-order valence-electron chi connectivity index (χ2n) is 4.46. The third-order valence-corrected chi connectivity index (χ3v) is 3.47. The lowest BCUT2D eigenvalue weighted by atomic mass is 9.95. The lowest BCUT2D eigenvalue weighted by Gasteiger charge is -2.08. The summed E-state index contributed by atoms with van der Waals surface area (Å²) < 4.78 is 0. The molecule has 82 valence electrons. The minimum absolute atomic E-state index is 1.16. The summed E-state index contributed by atoms with van der Waals surface area (Å²) in [4.78, 5) is 0. The van der Waals surface area contributed by atoms with Crippen LogP contribution in [0, 0.1) is 12.1 Å². The Bertz CT molecular complexity index is 652. The van der Waals surface area contributed by atoms with Crippen molar-refractivity contribution in [2.45, 2.75) is 0 Å². The zero-order valence-corrected chi connectivity index (χ0v) is 9.77. The van der Waals surface area contributed by atoms with E-state index in [0.717, 1.165) is 10.8 Å². The van der Waals surface area contributed by atoms with Crippen LogP contribution in [0.4, 0.5) is 0 Å². The molecule has 0 saturated heterocycles. The minimum Gasteiger partial charge on any atom is -0.0616 e. The van der Waals surface area contributed by atoms with Gasteiger partial charge in [-0.2, -0.15) is 0 Å². The van der Waals surface area contributed by atoms with E-state index in [1.54, 1.807) is 0 Å². The first-order valence-electron chi connectivity index (χ1n) is 6.07. The average molecular weight is 226 g/mol. The van der Waals surface area contributed by atoms with Crippen LogP contribution in [0.1, 0.15) is 0 Å². The fraction of sp³-hybridized carbons (Fsp3) is 0. The first-order valence-corrected chi connectivity index (χ1v) is 6.07. The molecule has 2 radical (unpaired) electrons. The Balaban J connectivity index is 2.46. The monoisotopic (exact) mass is 226 g/mol. The predicted octanol–water partition coefficient (Wildman–Crippen LogP) is 4.75. The summed E-state index contributed by atoms with van der Waals surface area (Å²) in [6.07, 6.45) is 0. The van der Waals surface area contributed by atoms with Crippen LogP contribution in [0.3, 0.4) is 0 Å². The van der Waals surface area contributed by atoms with Gasteiger partial charge in [-0.3, -0.25) is 0 Å². The van der Waals surface area contributed by atoms with Gasteiger partial charge in [0.1, 0.15) is 0 Å². The molecule has 0 nitrogen and oxygen atoms in total. The fourth-order valence-corrected chi connectivity index (χ4v) is 2.69. The lowest BCUT2D eigenvalue weighted by Crippen LogP contribution is -1.82. The van der Waals surface area contributed by atoms with Crippen molar-refractivity contribution in [1.82, 2.24) is 0 Å². The maximum Gasteiger partial charge on any atom is -0.00139 e. The molecule has 18 heavy (non-hydrogen) atoms. The van der Waals surface area contributed by atoms with Crippen LogP contribution in [0.2, 0.25) is 0 Å². The van der Waals surface area contributed by atoms with Gasteiger partial charge in [0.2, 0.25) is 0 Å². The van der Waals surface area contributed by atoms with E-state index < -0.39 is 0 Å². The van der Waals surface area contributed by atoms with Crippen molar-refractivity contribution in [1.29, 1.82) is 0 Å². The number of rotatable bonds is 0. The highest BCUT2D eigenvalue weighted by Crippen LogP contribution is 2.33. The fourth-order valence-electron chi connectivity index (χ4n) is 2.69. The third kappa shape index (κ3) is 1.20. The molecule has 0 fully saturated rings. The van der Waals surface area contributed by atoms with Crippen molar-refractivity contribution in [3.8, 4) is 0 Å². The summed E-state index contributed by atoms with van der Waals surface area (Å²) in [5.74, 6) is 0. The Morgan fingerprint density at radius 2 is 0.944 bits per heavy atom. The number of hydrogen-bond donors (Lipinski definition) is 0. The predicted molar refractivity (Wildman–Crippen MR) is 76.6 cm³/mol. The first kappa shape index (κ1) is 9.67. The van der Waals surface area contributed by atoms with Gasteiger partial charge in [0, 0.05) is 0 Å². The summed E-state index contributed by atoms with van der Waals surface area (Å²) in [7, 11) is 0. The first-order chi connectivity index (χ1) is 8.95. The second kappa shape index (κ2) is 3.58. The highest BCUT2D eigenvalue weighted by atomic mass is 14.1. The molecule has 0 heterocycles. The molecule has 0 unspecified atom stereocenters. The number of benzene rings is 4. The zero-order valence-electron chi connectivity index (χ0n) is 9.77. The molecule has 0 spiro atoms. The van der Waals surface area contributed by atoms with Crippen molar-refractivity contribution in [2.75, 3.05) is 0 Å². The topological polar surface area (TPSA) is 0 Å². The Hall–Kier alpha value is -2.34. The van der Waals surface area contributed by atoms with Crippen molar-refractivity contribution in [3.05, 3.63) is 72.8 Å². The second-order valence-corrected chi connectivity index (χ2v) is 4.46. The molecule has 0 amide bonds. The Labute approximate surface area is 105 Å². The summed E-state index contributed by atoms with van der Waals surface area (Å²) in [5.41, 5.74) is 0. The van der Waals surface area contributed by atoms with E-state index in [1.807, 2.05) is 24.3 Å². The average Bonchev–Trinajstić information content (AvgIpc) is 2.48. The summed E-state index contributed by atoms with van der Waals surface area (Å²) in [5, 5.41) is 7.40. The van der Waals surface area contributed by atoms with E-state index in [1.165, 1.54) is 21.5 Å². The van der Waals surface area contributed by atoms with Crippen LogP contribution in [0.5, 0.6) is 0 Å². The maximum absolute atomic E-state index is 3.35. The quantitative estimate of drug-likeness (QED) is 0.380. The molecule has 0 saturated carbocycles. The van der Waals surface area contributed by atoms with E-state index in [4.69, 9.17) is 0 Å². The van der Waals surface area contributed by atoms with Crippen LogP contribution >= 0.6 is 0 Å². The Morgan fingerprint density at radius 1 is 0.500 bits per heavy atom.